The van der Waals surface area contributed by atoms with Gasteiger partial charge in [-0.25, -0.2) is 8.78 Å². The third-order valence-electron chi connectivity index (χ3n) is 3.40. The lowest BCUT2D eigenvalue weighted by molar-refractivity contribution is -0.144. The summed E-state index contributed by atoms with van der Waals surface area (Å²) in [5, 5.41) is 9.14. The maximum absolute atomic E-state index is 13.9. The zero-order valence-corrected chi connectivity index (χ0v) is 11.8. The molecule has 3 nitrogen and oxygen atoms in total. The Bertz CT molecular complexity index is 496. The Hall–Kier alpha value is -1.01. The van der Waals surface area contributed by atoms with Gasteiger partial charge in [-0.2, -0.15) is 0 Å². The van der Waals surface area contributed by atoms with E-state index in [1.54, 1.807) is 4.90 Å². The summed E-state index contributed by atoms with van der Waals surface area (Å²) in [6.45, 7) is 0.524. The number of carbonyl (C=O) groups is 1. The van der Waals surface area contributed by atoms with Crippen LogP contribution in [0.15, 0.2) is 16.6 Å². The summed E-state index contributed by atoms with van der Waals surface area (Å²) in [4.78, 5) is 12.8. The van der Waals surface area contributed by atoms with Gasteiger partial charge in [0.2, 0.25) is 0 Å². The fourth-order valence-corrected chi connectivity index (χ4v) is 2.75. The summed E-state index contributed by atoms with van der Waals surface area (Å²) in [6, 6.07) is 1.83. The first-order valence-corrected chi connectivity index (χ1v) is 6.89. The molecule has 0 aromatic heterocycles. The number of piperidine rings is 1. The highest BCUT2D eigenvalue weighted by molar-refractivity contribution is 9.10. The minimum Gasteiger partial charge on any atom is -0.480 e. The van der Waals surface area contributed by atoms with Crippen LogP contribution >= 0.6 is 15.9 Å². The Balaban J connectivity index is 2.24. The highest BCUT2D eigenvalue weighted by Crippen LogP contribution is 2.26. The molecular weight excluding hydrogens is 320 g/mol. The smallest absolute Gasteiger partial charge is 0.320 e. The second kappa shape index (κ2) is 5.96. The minimum atomic E-state index is -0.935. The molecule has 1 unspecified atom stereocenters. The molecule has 0 radical (unpaired) electrons. The molecule has 1 atom stereocenters. The molecule has 1 fully saturated rings. The van der Waals surface area contributed by atoms with Crippen molar-refractivity contribution in [3.05, 3.63) is 33.8 Å². The van der Waals surface area contributed by atoms with Crippen molar-refractivity contribution >= 4 is 21.9 Å². The Kier molecular flexibility index (Phi) is 4.52. The average Bonchev–Trinajstić information content (AvgIpc) is 2.39. The number of aliphatic carboxylic acids is 1. The first-order valence-electron chi connectivity index (χ1n) is 6.10. The van der Waals surface area contributed by atoms with Crippen LogP contribution < -0.4 is 0 Å². The second-order valence-corrected chi connectivity index (χ2v) is 5.50. The van der Waals surface area contributed by atoms with Crippen molar-refractivity contribution in [1.29, 1.82) is 0 Å². The van der Waals surface area contributed by atoms with Crippen LogP contribution in [0, 0.1) is 11.6 Å². The molecule has 1 heterocycles. The molecule has 0 spiro atoms. The summed E-state index contributed by atoms with van der Waals surface area (Å²) >= 11 is 3.01. The Morgan fingerprint density at radius 1 is 1.42 bits per heavy atom. The van der Waals surface area contributed by atoms with E-state index in [4.69, 9.17) is 5.11 Å². The fourth-order valence-electron chi connectivity index (χ4n) is 2.38. The molecule has 1 aromatic rings. The lowest BCUT2D eigenvalue weighted by Crippen LogP contribution is -2.44. The van der Waals surface area contributed by atoms with Crippen LogP contribution in [-0.2, 0) is 11.3 Å². The van der Waals surface area contributed by atoms with Crippen LogP contribution in [0.25, 0.3) is 0 Å². The normalized spacial score (nSPS) is 20.5. The van der Waals surface area contributed by atoms with Gasteiger partial charge in [0.1, 0.15) is 17.7 Å². The van der Waals surface area contributed by atoms with Crippen molar-refractivity contribution in [3.8, 4) is 0 Å². The van der Waals surface area contributed by atoms with E-state index in [9.17, 15) is 13.6 Å². The molecule has 1 aliphatic rings. The number of carboxylic acids is 1. The van der Waals surface area contributed by atoms with E-state index in [0.29, 0.717) is 13.0 Å². The fraction of sp³-hybridized carbons (Fsp3) is 0.462. The predicted molar refractivity (Wildman–Crippen MR) is 69.7 cm³/mol. The van der Waals surface area contributed by atoms with E-state index in [1.807, 2.05) is 0 Å². The van der Waals surface area contributed by atoms with Crippen LogP contribution in [0.1, 0.15) is 24.8 Å². The van der Waals surface area contributed by atoms with E-state index in [2.05, 4.69) is 15.9 Å². The highest BCUT2D eigenvalue weighted by atomic mass is 79.9. The Morgan fingerprint density at radius 3 is 2.84 bits per heavy atom. The summed E-state index contributed by atoms with van der Waals surface area (Å²) in [5.41, 5.74) is -0.0810. The van der Waals surface area contributed by atoms with E-state index >= 15 is 0 Å². The van der Waals surface area contributed by atoms with Crippen molar-refractivity contribution in [2.45, 2.75) is 31.8 Å². The van der Waals surface area contributed by atoms with Gasteiger partial charge < -0.3 is 5.11 Å². The van der Waals surface area contributed by atoms with Crippen LogP contribution in [0.3, 0.4) is 0 Å². The molecule has 104 valence electrons. The first-order chi connectivity index (χ1) is 9.00. The van der Waals surface area contributed by atoms with Gasteiger partial charge in [0.05, 0.1) is 4.47 Å². The predicted octanol–water partition coefficient (Wildman–Crippen LogP) is 3.17. The molecule has 1 N–H and O–H groups in total. The summed E-state index contributed by atoms with van der Waals surface area (Å²) in [5.74, 6) is -2.24. The molecule has 2 rings (SSSR count). The summed E-state index contributed by atoms with van der Waals surface area (Å²) in [6.07, 6.45) is 2.20. The number of benzene rings is 1. The number of carboxylic acid groups (broad SMARTS) is 1. The van der Waals surface area contributed by atoms with Crippen LogP contribution in [0.2, 0.25) is 0 Å². The topological polar surface area (TPSA) is 40.5 Å². The van der Waals surface area contributed by atoms with Crippen LogP contribution in [0.4, 0.5) is 8.78 Å². The third kappa shape index (κ3) is 3.12. The molecule has 0 aliphatic carbocycles. The number of hydrogen-bond acceptors (Lipinski definition) is 2. The van der Waals surface area contributed by atoms with E-state index in [1.165, 1.54) is 12.1 Å². The molecule has 1 aliphatic heterocycles. The maximum Gasteiger partial charge on any atom is 0.320 e. The zero-order chi connectivity index (χ0) is 14.0. The van der Waals surface area contributed by atoms with Crippen molar-refractivity contribution < 1.29 is 18.7 Å². The summed E-state index contributed by atoms with van der Waals surface area (Å²) in [7, 11) is 0. The molecule has 6 heteroatoms. The molecule has 0 bridgehead atoms. The number of halogens is 3. The van der Waals surface area contributed by atoms with Gasteiger partial charge in [-0.05, 0) is 47.4 Å². The van der Waals surface area contributed by atoms with Crippen molar-refractivity contribution in [1.82, 2.24) is 4.90 Å². The number of hydrogen-bond donors (Lipinski definition) is 1. The van der Waals surface area contributed by atoms with Crippen molar-refractivity contribution in [3.63, 3.8) is 0 Å². The minimum absolute atomic E-state index is 0.0198. The molecular formula is C13H14BrF2NO2. The van der Waals surface area contributed by atoms with Gasteiger partial charge in [-0.1, -0.05) is 6.42 Å². The summed E-state index contributed by atoms with van der Waals surface area (Å²) < 4.78 is 27.8. The van der Waals surface area contributed by atoms with Crippen molar-refractivity contribution in [2.24, 2.45) is 0 Å². The lowest BCUT2D eigenvalue weighted by Gasteiger charge is -2.33. The Morgan fingerprint density at radius 2 is 2.16 bits per heavy atom. The average molecular weight is 334 g/mol. The van der Waals surface area contributed by atoms with Gasteiger partial charge in [0.25, 0.3) is 0 Å². The van der Waals surface area contributed by atoms with Crippen molar-refractivity contribution in [2.75, 3.05) is 6.54 Å². The number of nitrogens with zero attached hydrogens (tertiary/aromatic N) is 1. The van der Waals surface area contributed by atoms with E-state index in [0.717, 1.165) is 12.8 Å². The van der Waals surface area contributed by atoms with E-state index < -0.39 is 23.6 Å². The van der Waals surface area contributed by atoms with Crippen LogP contribution in [0.5, 0.6) is 0 Å². The zero-order valence-electron chi connectivity index (χ0n) is 10.2. The monoisotopic (exact) mass is 333 g/mol. The first kappa shape index (κ1) is 14.4. The van der Waals surface area contributed by atoms with Crippen LogP contribution in [-0.4, -0.2) is 28.6 Å². The van der Waals surface area contributed by atoms with Gasteiger partial charge >= 0.3 is 5.97 Å². The second-order valence-electron chi connectivity index (χ2n) is 4.64. The lowest BCUT2D eigenvalue weighted by atomic mass is 10.0. The standard InChI is InChI=1S/C13H14BrF2NO2/c14-9-4-5-10(15)8(12(9)16)7-17-6-2-1-3-11(17)13(18)19/h4-5,11H,1-3,6-7H2,(H,18,19). The SMILES string of the molecule is O=C(O)C1CCCCN1Cc1c(F)ccc(Br)c1F. The maximum atomic E-state index is 13.9. The highest BCUT2D eigenvalue weighted by Gasteiger charge is 2.29. The molecule has 0 amide bonds. The van der Waals surface area contributed by atoms with Gasteiger partial charge in [-0.3, -0.25) is 9.69 Å². The van der Waals surface area contributed by atoms with Gasteiger partial charge in [0, 0.05) is 12.1 Å². The molecule has 0 saturated carbocycles. The molecule has 19 heavy (non-hydrogen) atoms. The van der Waals surface area contributed by atoms with E-state index in [-0.39, 0.29) is 16.6 Å². The molecule has 1 saturated heterocycles. The largest absolute Gasteiger partial charge is 0.480 e. The molecule has 1 aromatic carbocycles. The number of rotatable bonds is 3. The quantitative estimate of drug-likeness (QED) is 0.864. The third-order valence-corrected chi connectivity index (χ3v) is 4.01. The van der Waals surface area contributed by atoms with Gasteiger partial charge in [-0.15, -0.1) is 0 Å². The Labute approximate surface area is 118 Å². The van der Waals surface area contributed by atoms with Gasteiger partial charge in [0.15, 0.2) is 0 Å². The number of likely N-dealkylation sites (tertiary alicyclic amines) is 1.